The number of ether oxygens (including phenoxy) is 1. The number of hydrogen-bond donors (Lipinski definition) is 1. The van der Waals surface area contributed by atoms with Gasteiger partial charge in [0, 0.05) is 42.1 Å². The van der Waals surface area contributed by atoms with E-state index in [-0.39, 0.29) is 0 Å². The van der Waals surface area contributed by atoms with E-state index in [0.717, 1.165) is 28.8 Å². The largest absolute Gasteiger partial charge is 0.378 e. The van der Waals surface area contributed by atoms with E-state index in [9.17, 15) is 0 Å². The first-order valence-electron chi connectivity index (χ1n) is 6.22. The molecule has 0 saturated carbocycles. The molecule has 102 valence electrons. The van der Waals surface area contributed by atoms with E-state index < -0.39 is 0 Å². The molecule has 18 heavy (non-hydrogen) atoms. The highest BCUT2D eigenvalue weighted by Gasteiger charge is 2.25. The Morgan fingerprint density at radius 2 is 2.06 bits per heavy atom. The number of rotatable bonds is 4. The van der Waals surface area contributed by atoms with Gasteiger partial charge in [-0.1, -0.05) is 13.8 Å². The average Bonchev–Trinajstić information content (AvgIpc) is 2.71. The molecule has 2 atom stereocenters. The van der Waals surface area contributed by atoms with Crippen LogP contribution in [0, 0.1) is 0 Å². The summed E-state index contributed by atoms with van der Waals surface area (Å²) in [6, 6.07) is 0. The minimum absolute atomic E-state index is 0.546. The Bertz CT molecular complexity index is 387. The van der Waals surface area contributed by atoms with Crippen LogP contribution >= 0.6 is 23.1 Å². The molecular formula is C12H21N3OS2. The van der Waals surface area contributed by atoms with E-state index in [1.165, 1.54) is 0 Å². The van der Waals surface area contributed by atoms with Crippen molar-refractivity contribution in [3.05, 3.63) is 10.6 Å². The topological polar surface area (TPSA) is 51.4 Å². The van der Waals surface area contributed by atoms with Crippen molar-refractivity contribution in [2.24, 2.45) is 5.73 Å². The van der Waals surface area contributed by atoms with Crippen LogP contribution in [0.4, 0.5) is 5.13 Å². The van der Waals surface area contributed by atoms with Crippen molar-refractivity contribution in [1.82, 2.24) is 4.98 Å². The molecule has 6 heteroatoms. The number of aromatic nitrogens is 1. The number of nitrogens with zero attached hydrogens (tertiary/aromatic N) is 2. The highest BCUT2D eigenvalue weighted by molar-refractivity contribution is 8.00. The molecule has 1 aromatic heterocycles. The zero-order valence-corrected chi connectivity index (χ0v) is 12.8. The smallest absolute Gasteiger partial charge is 0.185 e. The van der Waals surface area contributed by atoms with Crippen LogP contribution in [-0.4, -0.2) is 35.7 Å². The Morgan fingerprint density at radius 1 is 1.39 bits per heavy atom. The lowest BCUT2D eigenvalue weighted by Crippen LogP contribution is -2.40. The van der Waals surface area contributed by atoms with Gasteiger partial charge in [-0.25, -0.2) is 4.98 Å². The van der Waals surface area contributed by atoms with Gasteiger partial charge >= 0.3 is 0 Å². The molecule has 1 aliphatic heterocycles. The van der Waals surface area contributed by atoms with Crippen LogP contribution in [-0.2, 0) is 17.9 Å². The molecule has 4 nitrogen and oxygen atoms in total. The van der Waals surface area contributed by atoms with Crippen LogP contribution in [0.15, 0.2) is 0 Å². The number of anilines is 1. The molecule has 1 saturated heterocycles. The van der Waals surface area contributed by atoms with E-state index in [4.69, 9.17) is 15.5 Å². The molecule has 0 spiro atoms. The van der Waals surface area contributed by atoms with Gasteiger partial charge < -0.3 is 15.4 Å². The minimum Gasteiger partial charge on any atom is -0.378 e. The molecule has 0 bridgehead atoms. The van der Waals surface area contributed by atoms with Gasteiger partial charge in [0.05, 0.1) is 12.3 Å². The Morgan fingerprint density at radius 3 is 2.61 bits per heavy atom. The Balaban J connectivity index is 2.17. The number of hydrogen-bond acceptors (Lipinski definition) is 6. The average molecular weight is 287 g/mol. The maximum Gasteiger partial charge on any atom is 0.185 e. The zero-order chi connectivity index (χ0) is 13.1. The van der Waals surface area contributed by atoms with E-state index >= 15 is 0 Å². The predicted molar refractivity (Wildman–Crippen MR) is 79.4 cm³/mol. The second-order valence-corrected chi connectivity index (χ2v) is 7.61. The summed E-state index contributed by atoms with van der Waals surface area (Å²) in [6.45, 7) is 7.79. The van der Waals surface area contributed by atoms with Crippen molar-refractivity contribution in [3.8, 4) is 0 Å². The van der Waals surface area contributed by atoms with Gasteiger partial charge in [-0.15, -0.1) is 11.3 Å². The van der Waals surface area contributed by atoms with Gasteiger partial charge in [-0.3, -0.25) is 0 Å². The first-order chi connectivity index (χ1) is 8.63. The first kappa shape index (κ1) is 14.1. The first-order valence-corrected chi connectivity index (χ1v) is 7.98. The maximum absolute atomic E-state index is 5.77. The summed E-state index contributed by atoms with van der Waals surface area (Å²) < 4.78 is 5.18. The third-order valence-corrected chi connectivity index (χ3v) is 5.33. The summed E-state index contributed by atoms with van der Waals surface area (Å²) in [6.07, 6.45) is 0. The number of methoxy groups -OCH3 is 1. The van der Waals surface area contributed by atoms with Crippen LogP contribution in [0.3, 0.4) is 0 Å². The van der Waals surface area contributed by atoms with Gasteiger partial charge in [-0.2, -0.15) is 11.8 Å². The molecule has 1 aliphatic rings. The summed E-state index contributed by atoms with van der Waals surface area (Å²) >= 11 is 3.76. The van der Waals surface area contributed by atoms with E-state index in [1.807, 2.05) is 0 Å². The van der Waals surface area contributed by atoms with Crippen molar-refractivity contribution in [2.45, 2.75) is 37.5 Å². The van der Waals surface area contributed by atoms with Crippen LogP contribution in [0.2, 0.25) is 0 Å². The molecule has 2 N–H and O–H groups in total. The fourth-order valence-electron chi connectivity index (χ4n) is 2.25. The third kappa shape index (κ3) is 3.17. The van der Waals surface area contributed by atoms with Crippen molar-refractivity contribution >= 4 is 28.2 Å². The zero-order valence-electron chi connectivity index (χ0n) is 11.2. The molecule has 0 aliphatic carbocycles. The van der Waals surface area contributed by atoms with Gasteiger partial charge in [0.25, 0.3) is 0 Å². The van der Waals surface area contributed by atoms with Crippen LogP contribution in [0.25, 0.3) is 0 Å². The van der Waals surface area contributed by atoms with Crippen molar-refractivity contribution < 1.29 is 4.74 Å². The van der Waals surface area contributed by atoms with E-state index in [1.54, 1.807) is 18.4 Å². The molecule has 0 amide bonds. The van der Waals surface area contributed by atoms with Crippen molar-refractivity contribution in [3.63, 3.8) is 0 Å². The lowest BCUT2D eigenvalue weighted by Gasteiger charge is -2.34. The van der Waals surface area contributed by atoms with E-state index in [0.29, 0.717) is 23.7 Å². The van der Waals surface area contributed by atoms with Gasteiger partial charge in [-0.05, 0) is 0 Å². The quantitative estimate of drug-likeness (QED) is 0.919. The summed E-state index contributed by atoms with van der Waals surface area (Å²) in [4.78, 5) is 8.22. The Hall–Kier alpha value is -0.300. The number of thiazole rings is 1. The lowest BCUT2D eigenvalue weighted by molar-refractivity contribution is 0.181. The van der Waals surface area contributed by atoms with Crippen molar-refractivity contribution in [2.75, 3.05) is 25.1 Å². The fraction of sp³-hybridized carbons (Fsp3) is 0.750. The second kappa shape index (κ2) is 6.23. The predicted octanol–water partition coefficient (Wildman–Crippen LogP) is 2.08. The molecule has 0 radical (unpaired) electrons. The SMILES string of the molecule is COCc1nc(N2CC(C)SC(C)C2)sc1CN. The molecule has 2 unspecified atom stereocenters. The summed E-state index contributed by atoms with van der Waals surface area (Å²) in [5.74, 6) is 0. The number of nitrogens with two attached hydrogens (primary N) is 1. The minimum atomic E-state index is 0.546. The van der Waals surface area contributed by atoms with Crippen LogP contribution in [0.1, 0.15) is 24.4 Å². The van der Waals surface area contributed by atoms with Gasteiger partial charge in [0.2, 0.25) is 0 Å². The summed E-state index contributed by atoms with van der Waals surface area (Å²) in [5, 5.41) is 2.41. The highest BCUT2D eigenvalue weighted by atomic mass is 32.2. The second-order valence-electron chi connectivity index (χ2n) is 4.67. The van der Waals surface area contributed by atoms with Crippen LogP contribution in [0.5, 0.6) is 0 Å². The maximum atomic E-state index is 5.77. The summed E-state index contributed by atoms with van der Waals surface area (Å²) in [7, 11) is 1.70. The molecule has 1 fully saturated rings. The Labute approximate surface area is 117 Å². The van der Waals surface area contributed by atoms with Gasteiger partial charge in [0.15, 0.2) is 5.13 Å². The summed E-state index contributed by atoms with van der Waals surface area (Å²) in [5.41, 5.74) is 6.77. The van der Waals surface area contributed by atoms with Crippen molar-refractivity contribution in [1.29, 1.82) is 0 Å². The number of thioether (sulfide) groups is 1. The van der Waals surface area contributed by atoms with Gasteiger partial charge in [0.1, 0.15) is 0 Å². The molecule has 0 aromatic carbocycles. The molecule has 1 aromatic rings. The Kier molecular flexibility index (Phi) is 4.89. The normalized spacial score (nSPS) is 24.6. The fourth-order valence-corrected chi connectivity index (χ4v) is 4.53. The van der Waals surface area contributed by atoms with E-state index in [2.05, 4.69) is 30.5 Å². The van der Waals surface area contributed by atoms with Crippen LogP contribution < -0.4 is 10.6 Å². The lowest BCUT2D eigenvalue weighted by atomic mass is 10.3. The molecular weight excluding hydrogens is 266 g/mol. The molecule has 2 heterocycles. The molecule has 2 rings (SSSR count). The standard InChI is InChI=1S/C12H21N3OS2/c1-8-5-15(6-9(2)17-8)12-14-10(7-16-3)11(4-13)18-12/h8-9H,4-7,13H2,1-3H3. The monoisotopic (exact) mass is 287 g/mol. The highest BCUT2D eigenvalue weighted by Crippen LogP contribution is 2.32. The third-order valence-electron chi connectivity index (χ3n) is 2.92.